The van der Waals surface area contributed by atoms with Gasteiger partial charge in [0.05, 0.1) is 29.9 Å². The molecule has 0 saturated heterocycles. The molecule has 0 saturated carbocycles. The molecule has 1 N–H and O–H groups in total. The third kappa shape index (κ3) is 3.86. The summed E-state index contributed by atoms with van der Waals surface area (Å²) >= 11 is 0. The highest BCUT2D eigenvalue weighted by Gasteiger charge is 2.16. The number of carbonyl (C=O) groups excluding carboxylic acids is 1. The molecule has 0 atom stereocenters. The molecular formula is C25H17N3O6. The molecule has 0 unspecified atom stereocenters. The van der Waals surface area contributed by atoms with Crippen LogP contribution in [0.25, 0.3) is 33.1 Å². The second kappa shape index (κ2) is 8.55. The van der Waals surface area contributed by atoms with E-state index in [0.717, 1.165) is 16.2 Å². The highest BCUT2D eigenvalue weighted by molar-refractivity contribution is 6.08. The zero-order chi connectivity index (χ0) is 23.7. The van der Waals surface area contributed by atoms with E-state index in [2.05, 4.69) is 10.5 Å². The van der Waals surface area contributed by atoms with E-state index in [9.17, 15) is 14.9 Å². The van der Waals surface area contributed by atoms with Gasteiger partial charge in [-0.15, -0.1) is 0 Å². The number of non-ortho nitro benzene ring substituents is 1. The first kappa shape index (κ1) is 21.0. The summed E-state index contributed by atoms with van der Waals surface area (Å²) in [6.45, 7) is 0. The lowest BCUT2D eigenvalue weighted by atomic mass is 10.1. The number of ether oxygens (including phenoxy) is 1. The number of methoxy groups -OCH3 is 1. The van der Waals surface area contributed by atoms with Crippen LogP contribution in [0.5, 0.6) is 5.75 Å². The van der Waals surface area contributed by atoms with E-state index in [1.807, 2.05) is 36.4 Å². The predicted octanol–water partition coefficient (Wildman–Crippen LogP) is 5.53. The normalized spacial score (nSPS) is 11.3. The number of furan rings is 2. The highest BCUT2D eigenvalue weighted by Crippen LogP contribution is 2.34. The lowest BCUT2D eigenvalue weighted by Crippen LogP contribution is -2.16. The van der Waals surface area contributed by atoms with Gasteiger partial charge in [0.2, 0.25) is 0 Å². The third-order valence-electron chi connectivity index (χ3n) is 5.30. The molecule has 2 aromatic heterocycles. The number of nitrogens with zero attached hydrogens (tertiary/aromatic N) is 2. The Morgan fingerprint density at radius 1 is 1.03 bits per heavy atom. The van der Waals surface area contributed by atoms with Crippen molar-refractivity contribution in [3.63, 3.8) is 0 Å². The quantitative estimate of drug-likeness (QED) is 0.204. The van der Waals surface area contributed by atoms with Gasteiger partial charge in [-0.1, -0.05) is 30.3 Å². The van der Waals surface area contributed by atoms with E-state index in [-0.39, 0.29) is 11.4 Å². The molecule has 0 fully saturated rings. The average Bonchev–Trinajstić information content (AvgIpc) is 3.51. The molecule has 9 nitrogen and oxygen atoms in total. The van der Waals surface area contributed by atoms with E-state index in [1.165, 1.54) is 25.5 Å². The number of hydrogen-bond acceptors (Lipinski definition) is 7. The fourth-order valence-corrected chi connectivity index (χ4v) is 3.68. The van der Waals surface area contributed by atoms with E-state index in [4.69, 9.17) is 13.6 Å². The van der Waals surface area contributed by atoms with Crippen molar-refractivity contribution in [3.8, 4) is 17.1 Å². The van der Waals surface area contributed by atoms with Crippen LogP contribution >= 0.6 is 0 Å². The summed E-state index contributed by atoms with van der Waals surface area (Å²) in [6.07, 6.45) is 1.34. The maximum Gasteiger partial charge on any atom is 0.307 e. The van der Waals surface area contributed by atoms with Gasteiger partial charge in [0.1, 0.15) is 22.9 Å². The van der Waals surface area contributed by atoms with Gasteiger partial charge in [-0.25, -0.2) is 5.43 Å². The van der Waals surface area contributed by atoms with E-state index < -0.39 is 10.8 Å². The molecule has 0 aliphatic heterocycles. The molecule has 5 rings (SSSR count). The molecule has 0 radical (unpaired) electrons. The van der Waals surface area contributed by atoms with Gasteiger partial charge in [0.25, 0.3) is 5.69 Å². The summed E-state index contributed by atoms with van der Waals surface area (Å²) in [4.78, 5) is 23.0. The lowest BCUT2D eigenvalue weighted by Gasteiger charge is -2.05. The van der Waals surface area contributed by atoms with Crippen LogP contribution in [0.1, 0.15) is 16.3 Å². The SMILES string of the molecule is COc1cc([N+](=O)[O-])ccc1-c1ccc(/C=N/NC(=O)c2cc3c(ccc4ccccc43)o2)o1. The van der Waals surface area contributed by atoms with Gasteiger partial charge in [0, 0.05) is 11.5 Å². The van der Waals surface area contributed by atoms with Gasteiger partial charge in [-0.05, 0) is 41.1 Å². The molecule has 2 heterocycles. The van der Waals surface area contributed by atoms with Crippen molar-refractivity contribution in [3.05, 3.63) is 94.4 Å². The molecule has 0 aliphatic carbocycles. The Hall–Kier alpha value is -4.92. The van der Waals surface area contributed by atoms with Crippen LogP contribution in [-0.2, 0) is 0 Å². The Bertz CT molecular complexity index is 1580. The van der Waals surface area contributed by atoms with Crippen molar-refractivity contribution in [1.29, 1.82) is 0 Å². The Balaban J connectivity index is 1.32. The minimum atomic E-state index is -0.500. The monoisotopic (exact) mass is 455 g/mol. The minimum absolute atomic E-state index is 0.0877. The van der Waals surface area contributed by atoms with E-state index in [1.54, 1.807) is 24.3 Å². The maximum atomic E-state index is 12.5. The first-order valence-corrected chi connectivity index (χ1v) is 10.2. The summed E-state index contributed by atoms with van der Waals surface area (Å²) in [6, 6.07) is 20.9. The molecule has 1 amide bonds. The molecule has 0 spiro atoms. The lowest BCUT2D eigenvalue weighted by molar-refractivity contribution is -0.384. The van der Waals surface area contributed by atoms with Crippen molar-refractivity contribution >= 4 is 39.6 Å². The van der Waals surface area contributed by atoms with Crippen LogP contribution in [-0.4, -0.2) is 24.2 Å². The van der Waals surface area contributed by atoms with Crippen LogP contribution in [0, 0.1) is 10.1 Å². The predicted molar refractivity (Wildman–Crippen MR) is 126 cm³/mol. The van der Waals surface area contributed by atoms with Crippen LogP contribution < -0.4 is 10.2 Å². The summed E-state index contributed by atoms with van der Waals surface area (Å²) in [5.74, 6) is 0.743. The Morgan fingerprint density at radius 3 is 2.71 bits per heavy atom. The summed E-state index contributed by atoms with van der Waals surface area (Å²) in [5.41, 5.74) is 3.50. The van der Waals surface area contributed by atoms with Crippen molar-refractivity contribution in [2.24, 2.45) is 5.10 Å². The molecular weight excluding hydrogens is 438 g/mol. The van der Waals surface area contributed by atoms with Gasteiger partial charge in [0.15, 0.2) is 5.76 Å². The number of carbonyl (C=O) groups is 1. The highest BCUT2D eigenvalue weighted by atomic mass is 16.6. The summed E-state index contributed by atoms with van der Waals surface area (Å²) < 4.78 is 16.7. The number of rotatable bonds is 6. The summed E-state index contributed by atoms with van der Waals surface area (Å²) in [7, 11) is 1.42. The van der Waals surface area contributed by atoms with Crippen molar-refractivity contribution < 1.29 is 23.3 Å². The number of benzene rings is 3. The average molecular weight is 455 g/mol. The second-order valence-electron chi connectivity index (χ2n) is 7.35. The fourth-order valence-electron chi connectivity index (χ4n) is 3.68. The molecule has 5 aromatic rings. The smallest absolute Gasteiger partial charge is 0.307 e. The number of amides is 1. The number of nitro benzene ring substituents is 1. The molecule has 0 bridgehead atoms. The molecule has 34 heavy (non-hydrogen) atoms. The van der Waals surface area contributed by atoms with Crippen LogP contribution in [0.2, 0.25) is 0 Å². The van der Waals surface area contributed by atoms with Crippen LogP contribution in [0.4, 0.5) is 5.69 Å². The van der Waals surface area contributed by atoms with Crippen LogP contribution in [0.15, 0.2) is 86.7 Å². The first-order valence-electron chi connectivity index (χ1n) is 10.2. The zero-order valence-electron chi connectivity index (χ0n) is 17.8. The Labute approximate surface area is 192 Å². The molecule has 168 valence electrons. The van der Waals surface area contributed by atoms with E-state index >= 15 is 0 Å². The first-order chi connectivity index (χ1) is 16.5. The fraction of sp³-hybridized carbons (Fsp3) is 0.0400. The van der Waals surface area contributed by atoms with Crippen molar-refractivity contribution in [2.45, 2.75) is 0 Å². The van der Waals surface area contributed by atoms with Gasteiger partial charge in [-0.3, -0.25) is 14.9 Å². The molecule has 0 aliphatic rings. The van der Waals surface area contributed by atoms with E-state index in [0.29, 0.717) is 28.4 Å². The molecule has 9 heteroatoms. The zero-order valence-corrected chi connectivity index (χ0v) is 17.8. The summed E-state index contributed by atoms with van der Waals surface area (Å²) in [5, 5.41) is 17.8. The number of fused-ring (bicyclic) bond motifs is 3. The second-order valence-corrected chi connectivity index (χ2v) is 7.35. The number of hydrogen-bond donors (Lipinski definition) is 1. The van der Waals surface area contributed by atoms with Gasteiger partial charge in [-0.2, -0.15) is 5.10 Å². The maximum absolute atomic E-state index is 12.5. The Morgan fingerprint density at radius 2 is 1.88 bits per heavy atom. The van der Waals surface area contributed by atoms with Crippen LogP contribution in [0.3, 0.4) is 0 Å². The number of nitro groups is 1. The molecule has 3 aromatic carbocycles. The van der Waals surface area contributed by atoms with Crippen molar-refractivity contribution in [2.75, 3.05) is 7.11 Å². The van der Waals surface area contributed by atoms with Gasteiger partial charge < -0.3 is 13.6 Å². The number of hydrazone groups is 1. The van der Waals surface area contributed by atoms with Gasteiger partial charge >= 0.3 is 5.91 Å². The standard InChI is InChI=1S/C25H17N3O6/c1-32-23-12-16(28(30)31)7-9-19(23)21-11-8-17(33-21)14-26-27-25(29)24-13-20-18-5-3-2-4-15(18)6-10-22(20)34-24/h2-14H,1H3,(H,27,29)/b26-14+. The third-order valence-corrected chi connectivity index (χ3v) is 5.30. The minimum Gasteiger partial charge on any atom is -0.496 e. The topological polar surface area (TPSA) is 120 Å². The Kier molecular flexibility index (Phi) is 5.27. The van der Waals surface area contributed by atoms with Crippen molar-refractivity contribution in [1.82, 2.24) is 5.43 Å². The number of nitrogens with one attached hydrogen (secondary N) is 1. The largest absolute Gasteiger partial charge is 0.496 e.